The molecule has 1 heterocycles. The van der Waals surface area contributed by atoms with Crippen LogP contribution < -0.4 is 0 Å². The van der Waals surface area contributed by atoms with E-state index in [-0.39, 0.29) is 0 Å². The van der Waals surface area contributed by atoms with Crippen LogP contribution in [0.15, 0.2) is 10.6 Å². The van der Waals surface area contributed by atoms with Crippen LogP contribution in [0.25, 0.3) is 0 Å². The Labute approximate surface area is 51.5 Å². The summed E-state index contributed by atoms with van der Waals surface area (Å²) in [6.45, 7) is 1.72. The van der Waals surface area contributed by atoms with Crippen LogP contribution >= 0.6 is 15.9 Å². The van der Waals surface area contributed by atoms with Crippen molar-refractivity contribution in [3.8, 4) is 0 Å². The average Bonchev–Trinajstić information content (AvgIpc) is 2.14. The van der Waals surface area contributed by atoms with Gasteiger partial charge in [0.15, 0.2) is 0 Å². The molecule has 0 radical (unpaired) electrons. The van der Waals surface area contributed by atoms with Crippen molar-refractivity contribution in [1.82, 2.24) is 0 Å². The molecule has 0 aliphatic carbocycles. The number of hydrogen-bond acceptors (Lipinski definition) is 1. The van der Waals surface area contributed by atoms with Crippen molar-refractivity contribution < 1.29 is 4.74 Å². The van der Waals surface area contributed by atoms with Crippen LogP contribution in [-0.4, -0.2) is 13.2 Å². The van der Waals surface area contributed by atoms with Gasteiger partial charge in [-0.25, -0.2) is 0 Å². The van der Waals surface area contributed by atoms with Crippen LogP contribution in [0.3, 0.4) is 0 Å². The predicted octanol–water partition coefficient (Wildman–Crippen LogP) is 1.69. The fourth-order valence-corrected chi connectivity index (χ4v) is 0.926. The fourth-order valence-electron chi connectivity index (χ4n) is 0.565. The summed E-state index contributed by atoms with van der Waals surface area (Å²) in [6, 6.07) is 0. The molecule has 0 saturated carbocycles. The van der Waals surface area contributed by atoms with Gasteiger partial charge >= 0.3 is 0 Å². The molecular formula is C5H7BrO. The first kappa shape index (κ1) is 5.32. The standard InChI is InChI=1S/C5H7BrO/c6-3-5-1-2-7-4-5/h3H,1-2,4H2. The van der Waals surface area contributed by atoms with E-state index in [1.54, 1.807) is 0 Å². The molecule has 0 N–H and O–H groups in total. The predicted molar refractivity (Wildman–Crippen MR) is 32.4 cm³/mol. The zero-order valence-electron chi connectivity index (χ0n) is 3.98. The van der Waals surface area contributed by atoms with Crippen molar-refractivity contribution in [3.63, 3.8) is 0 Å². The molecule has 2 heteroatoms. The summed E-state index contributed by atoms with van der Waals surface area (Å²) in [7, 11) is 0. The third kappa shape index (κ3) is 1.28. The second kappa shape index (κ2) is 2.48. The second-order valence-corrected chi connectivity index (χ2v) is 2.03. The van der Waals surface area contributed by atoms with E-state index >= 15 is 0 Å². The van der Waals surface area contributed by atoms with Gasteiger partial charge in [-0.3, -0.25) is 0 Å². The molecule has 40 valence electrons. The molecule has 0 aromatic heterocycles. The van der Waals surface area contributed by atoms with E-state index in [0.717, 1.165) is 19.6 Å². The van der Waals surface area contributed by atoms with Gasteiger partial charge < -0.3 is 4.74 Å². The van der Waals surface area contributed by atoms with Gasteiger partial charge in [-0.1, -0.05) is 15.9 Å². The first-order valence-corrected chi connectivity index (χ1v) is 3.21. The van der Waals surface area contributed by atoms with Crippen molar-refractivity contribution in [2.45, 2.75) is 6.42 Å². The minimum atomic E-state index is 0.825. The van der Waals surface area contributed by atoms with E-state index in [0.29, 0.717) is 0 Å². The molecule has 0 bridgehead atoms. The first-order chi connectivity index (χ1) is 3.43. The van der Waals surface area contributed by atoms with Crippen molar-refractivity contribution >= 4 is 15.9 Å². The summed E-state index contributed by atoms with van der Waals surface area (Å²) in [5.74, 6) is 0. The van der Waals surface area contributed by atoms with Gasteiger partial charge in [0.25, 0.3) is 0 Å². The zero-order valence-corrected chi connectivity index (χ0v) is 5.57. The summed E-state index contributed by atoms with van der Waals surface area (Å²) >= 11 is 3.23. The SMILES string of the molecule is BrC=C1CCOC1. The Morgan fingerprint density at radius 1 is 1.71 bits per heavy atom. The van der Waals surface area contributed by atoms with Gasteiger partial charge in [-0.15, -0.1) is 0 Å². The maximum Gasteiger partial charge on any atom is 0.0685 e. The molecule has 1 saturated heterocycles. The number of ether oxygens (including phenoxy) is 1. The molecule has 0 aromatic carbocycles. The van der Waals surface area contributed by atoms with Gasteiger partial charge in [-0.2, -0.15) is 0 Å². The van der Waals surface area contributed by atoms with Crippen LogP contribution in [-0.2, 0) is 4.74 Å². The highest BCUT2D eigenvalue weighted by Crippen LogP contribution is 2.11. The van der Waals surface area contributed by atoms with Gasteiger partial charge in [0.05, 0.1) is 13.2 Å². The summed E-state index contributed by atoms with van der Waals surface area (Å²) in [5, 5.41) is 0. The quantitative estimate of drug-likeness (QED) is 0.527. The largest absolute Gasteiger partial charge is 0.377 e. The molecule has 0 spiro atoms. The maximum atomic E-state index is 5.05. The molecule has 1 nitrogen and oxygen atoms in total. The molecule has 0 aromatic rings. The second-order valence-electron chi connectivity index (χ2n) is 1.57. The van der Waals surface area contributed by atoms with Crippen LogP contribution in [0.5, 0.6) is 0 Å². The van der Waals surface area contributed by atoms with Crippen molar-refractivity contribution in [2.24, 2.45) is 0 Å². The van der Waals surface area contributed by atoms with E-state index in [1.165, 1.54) is 5.57 Å². The highest BCUT2D eigenvalue weighted by Gasteiger charge is 2.03. The lowest BCUT2D eigenvalue weighted by molar-refractivity contribution is 0.205. The number of rotatable bonds is 0. The van der Waals surface area contributed by atoms with Crippen LogP contribution in [0.2, 0.25) is 0 Å². The van der Waals surface area contributed by atoms with Crippen LogP contribution in [0, 0.1) is 0 Å². The van der Waals surface area contributed by atoms with Crippen LogP contribution in [0.4, 0.5) is 0 Å². The van der Waals surface area contributed by atoms with Gasteiger partial charge in [0.2, 0.25) is 0 Å². The molecular weight excluding hydrogens is 156 g/mol. The van der Waals surface area contributed by atoms with E-state index < -0.39 is 0 Å². The number of halogens is 1. The van der Waals surface area contributed by atoms with Crippen molar-refractivity contribution in [2.75, 3.05) is 13.2 Å². The lowest BCUT2D eigenvalue weighted by atomic mass is 10.3. The molecule has 7 heavy (non-hydrogen) atoms. The normalized spacial score (nSPS) is 26.7. The highest BCUT2D eigenvalue weighted by atomic mass is 79.9. The Kier molecular flexibility index (Phi) is 1.88. The molecule has 1 aliphatic heterocycles. The Balaban J connectivity index is 2.41. The Morgan fingerprint density at radius 2 is 2.57 bits per heavy atom. The first-order valence-electron chi connectivity index (χ1n) is 2.29. The van der Waals surface area contributed by atoms with Crippen molar-refractivity contribution in [3.05, 3.63) is 10.6 Å². The average molecular weight is 163 g/mol. The minimum absolute atomic E-state index is 0.825. The lowest BCUT2D eigenvalue weighted by Gasteiger charge is -1.82. The van der Waals surface area contributed by atoms with Gasteiger partial charge in [0, 0.05) is 0 Å². The summed E-state index contributed by atoms with van der Waals surface area (Å²) in [5.41, 5.74) is 1.36. The molecule has 1 aliphatic rings. The van der Waals surface area contributed by atoms with E-state index in [4.69, 9.17) is 4.74 Å². The molecule has 0 atom stereocenters. The summed E-state index contributed by atoms with van der Waals surface area (Å²) in [4.78, 5) is 1.94. The molecule has 0 unspecified atom stereocenters. The lowest BCUT2D eigenvalue weighted by Crippen LogP contribution is -1.77. The smallest absolute Gasteiger partial charge is 0.0685 e. The van der Waals surface area contributed by atoms with Crippen molar-refractivity contribution in [1.29, 1.82) is 0 Å². The van der Waals surface area contributed by atoms with E-state index in [2.05, 4.69) is 15.9 Å². The molecule has 1 rings (SSSR count). The highest BCUT2D eigenvalue weighted by molar-refractivity contribution is 9.11. The fraction of sp³-hybridized carbons (Fsp3) is 0.600. The maximum absolute atomic E-state index is 5.05. The summed E-state index contributed by atoms with van der Waals surface area (Å²) in [6.07, 6.45) is 1.10. The minimum Gasteiger partial charge on any atom is -0.377 e. The summed E-state index contributed by atoms with van der Waals surface area (Å²) < 4.78 is 5.05. The Bertz CT molecular complexity index is 80.1. The van der Waals surface area contributed by atoms with Gasteiger partial charge in [-0.05, 0) is 17.0 Å². The number of hydrogen-bond donors (Lipinski definition) is 0. The third-order valence-corrected chi connectivity index (χ3v) is 1.66. The molecule has 1 fully saturated rings. The van der Waals surface area contributed by atoms with E-state index in [9.17, 15) is 0 Å². The third-order valence-electron chi connectivity index (χ3n) is 1.01. The monoisotopic (exact) mass is 162 g/mol. The topological polar surface area (TPSA) is 9.23 Å². The molecule has 0 amide bonds. The van der Waals surface area contributed by atoms with Crippen LogP contribution in [0.1, 0.15) is 6.42 Å². The zero-order chi connectivity index (χ0) is 5.11. The Hall–Kier alpha value is 0.180. The van der Waals surface area contributed by atoms with E-state index in [1.807, 2.05) is 4.99 Å². The van der Waals surface area contributed by atoms with Gasteiger partial charge in [0.1, 0.15) is 0 Å². The Morgan fingerprint density at radius 3 is 2.86 bits per heavy atom.